The van der Waals surface area contributed by atoms with Crippen molar-refractivity contribution < 1.29 is 9.90 Å². The molecule has 0 radical (unpaired) electrons. The number of nitrogens with one attached hydrogen (secondary N) is 1. The van der Waals surface area contributed by atoms with Gasteiger partial charge in [0.25, 0.3) is 0 Å². The summed E-state index contributed by atoms with van der Waals surface area (Å²) in [5.74, 6) is -0.319. The van der Waals surface area contributed by atoms with Crippen molar-refractivity contribution in [2.24, 2.45) is 5.41 Å². The zero-order valence-corrected chi connectivity index (χ0v) is 20.5. The van der Waals surface area contributed by atoms with Gasteiger partial charge in [0, 0.05) is 45.5 Å². The number of nitrogens with zero attached hydrogens (tertiary/aromatic N) is 1. The largest absolute Gasteiger partial charge is 0.507 e. The highest BCUT2D eigenvalue weighted by Crippen LogP contribution is 2.51. The molecule has 5 rings (SSSR count). The van der Waals surface area contributed by atoms with Gasteiger partial charge in [0.15, 0.2) is 5.78 Å². The lowest BCUT2D eigenvalue weighted by Gasteiger charge is -2.45. The quantitative estimate of drug-likeness (QED) is 0.379. The Kier molecular flexibility index (Phi) is 5.86. The van der Waals surface area contributed by atoms with Gasteiger partial charge in [-0.1, -0.05) is 86.1 Å². The summed E-state index contributed by atoms with van der Waals surface area (Å²) in [6.45, 7) is 4.17. The molecule has 1 atom stereocenters. The molecule has 3 aromatic rings. The van der Waals surface area contributed by atoms with Crippen LogP contribution in [0.15, 0.2) is 102 Å². The Morgan fingerprint density at radius 1 is 0.943 bits per heavy atom. The zero-order chi connectivity index (χ0) is 24.7. The van der Waals surface area contributed by atoms with Gasteiger partial charge < -0.3 is 5.11 Å². The first-order valence-electron chi connectivity index (χ1n) is 11.7. The van der Waals surface area contributed by atoms with E-state index in [0.717, 1.165) is 16.9 Å². The number of aliphatic hydroxyl groups is 1. The van der Waals surface area contributed by atoms with Crippen molar-refractivity contribution in [3.8, 4) is 0 Å². The number of halogens is 1. The van der Waals surface area contributed by atoms with Crippen molar-refractivity contribution in [1.82, 2.24) is 0 Å². The summed E-state index contributed by atoms with van der Waals surface area (Å²) in [7, 11) is 0. The Morgan fingerprint density at radius 3 is 2.17 bits per heavy atom. The number of benzene rings is 3. The van der Waals surface area contributed by atoms with Crippen LogP contribution in [-0.2, 0) is 4.79 Å². The van der Waals surface area contributed by atoms with Crippen LogP contribution in [-0.4, -0.2) is 16.7 Å². The average molecular weight is 483 g/mol. The molecule has 0 amide bonds. The molecule has 0 spiro atoms. The number of anilines is 1. The average Bonchev–Trinajstić information content (AvgIpc) is 2.84. The highest BCUT2D eigenvalue weighted by Gasteiger charge is 2.46. The molecule has 1 aliphatic heterocycles. The highest BCUT2D eigenvalue weighted by molar-refractivity contribution is 6.30. The second-order valence-electron chi connectivity index (χ2n) is 9.93. The predicted molar refractivity (Wildman–Crippen MR) is 142 cm³/mol. The van der Waals surface area contributed by atoms with Crippen LogP contribution < -0.4 is 4.90 Å². The molecular formula is C30H27ClN2O2. The smallest absolute Gasteiger partial charge is 0.162 e. The first-order chi connectivity index (χ1) is 16.8. The van der Waals surface area contributed by atoms with E-state index in [0.29, 0.717) is 34.6 Å². The Bertz CT molecular complexity index is 1360. The van der Waals surface area contributed by atoms with E-state index in [1.54, 1.807) is 12.1 Å². The fraction of sp³-hybridized carbons (Fsp3) is 0.200. The van der Waals surface area contributed by atoms with Crippen LogP contribution in [0.25, 0.3) is 5.76 Å². The van der Waals surface area contributed by atoms with Gasteiger partial charge in [-0.3, -0.25) is 15.1 Å². The van der Waals surface area contributed by atoms with E-state index < -0.39 is 5.92 Å². The van der Waals surface area contributed by atoms with E-state index in [4.69, 9.17) is 11.6 Å². The van der Waals surface area contributed by atoms with Gasteiger partial charge in [-0.05, 0) is 41.7 Å². The van der Waals surface area contributed by atoms with E-state index in [1.807, 2.05) is 77.7 Å². The molecule has 0 bridgehead atoms. The number of rotatable bonds is 3. The molecule has 176 valence electrons. The van der Waals surface area contributed by atoms with Crippen LogP contribution in [0.5, 0.6) is 0 Å². The van der Waals surface area contributed by atoms with Gasteiger partial charge in [0.2, 0.25) is 0 Å². The number of ketones is 1. The maximum atomic E-state index is 13.8. The molecule has 1 heterocycles. The topological polar surface area (TPSA) is 64.4 Å². The Balaban J connectivity index is 1.84. The molecule has 2 N–H and O–H groups in total. The molecule has 35 heavy (non-hydrogen) atoms. The third kappa shape index (κ3) is 4.19. The lowest BCUT2D eigenvalue weighted by Crippen LogP contribution is -2.45. The lowest BCUT2D eigenvalue weighted by molar-refractivity contribution is -0.118. The van der Waals surface area contributed by atoms with Crippen molar-refractivity contribution >= 4 is 34.7 Å². The Labute approximate surface area is 210 Å². The van der Waals surface area contributed by atoms with E-state index in [9.17, 15) is 15.3 Å². The number of hydrogen-bond donors (Lipinski definition) is 2. The Hall–Kier alpha value is -3.63. The van der Waals surface area contributed by atoms with Gasteiger partial charge in [-0.2, -0.15) is 0 Å². The van der Waals surface area contributed by atoms with Crippen LogP contribution in [0, 0.1) is 10.8 Å². The lowest BCUT2D eigenvalue weighted by atomic mass is 9.67. The maximum absolute atomic E-state index is 13.8. The monoisotopic (exact) mass is 482 g/mol. The molecule has 0 saturated carbocycles. The first kappa shape index (κ1) is 23.1. The summed E-state index contributed by atoms with van der Waals surface area (Å²) in [6.07, 6.45) is 1.05. The predicted octanol–water partition coefficient (Wildman–Crippen LogP) is 7.53. The molecule has 1 aliphatic carbocycles. The van der Waals surface area contributed by atoms with Crippen molar-refractivity contribution in [3.05, 3.63) is 118 Å². The van der Waals surface area contributed by atoms with Gasteiger partial charge in [-0.15, -0.1) is 0 Å². The number of Topliss-reactive ketones (excluding diaryl/α,β-unsaturated/α-hetero) is 1. The first-order valence-corrected chi connectivity index (χ1v) is 12.1. The SMILES string of the molecule is CC1(C)CC(=O)C2=C(C1)N(c1ccc(Cl)cc1)C(=N)C(=C(O)c1ccccc1)[C@@H]2c1ccccc1. The molecule has 2 aliphatic rings. The third-order valence-electron chi connectivity index (χ3n) is 6.74. The van der Waals surface area contributed by atoms with E-state index in [1.165, 1.54) is 0 Å². The highest BCUT2D eigenvalue weighted by atomic mass is 35.5. The minimum Gasteiger partial charge on any atom is -0.507 e. The number of allylic oxidation sites excluding steroid dienone is 2. The molecule has 0 unspecified atom stereocenters. The number of amidine groups is 1. The molecule has 0 fully saturated rings. The van der Waals surface area contributed by atoms with Gasteiger partial charge >= 0.3 is 0 Å². The number of aliphatic hydroxyl groups excluding tert-OH is 1. The van der Waals surface area contributed by atoms with E-state index in [2.05, 4.69) is 13.8 Å². The number of carbonyl (C=O) groups is 1. The van der Waals surface area contributed by atoms with Crippen molar-refractivity contribution in [2.75, 3.05) is 4.90 Å². The van der Waals surface area contributed by atoms with E-state index >= 15 is 0 Å². The second kappa shape index (κ2) is 8.86. The summed E-state index contributed by atoms with van der Waals surface area (Å²) in [6, 6.07) is 26.2. The summed E-state index contributed by atoms with van der Waals surface area (Å²) in [4.78, 5) is 15.6. The van der Waals surface area contributed by atoms with Crippen LogP contribution in [0.3, 0.4) is 0 Å². The molecule has 0 aromatic heterocycles. The summed E-state index contributed by atoms with van der Waals surface area (Å²) in [5.41, 5.74) is 3.87. The van der Waals surface area contributed by atoms with Gasteiger partial charge in [0.1, 0.15) is 11.6 Å². The minimum absolute atomic E-state index is 0.00704. The number of hydrogen-bond acceptors (Lipinski definition) is 3. The van der Waals surface area contributed by atoms with Crippen LogP contribution in [0.4, 0.5) is 5.69 Å². The van der Waals surface area contributed by atoms with Crippen LogP contribution >= 0.6 is 11.6 Å². The standard InChI is InChI=1S/C30H27ClN2O2/c1-30(2)17-23-26(24(34)18-30)25(19-9-5-3-6-10-19)27(28(35)20-11-7-4-8-12-20)29(32)33(23)22-15-13-21(31)14-16-22/h3-16,25,32,35H,17-18H2,1-2H3/t25-/m1/s1. The fourth-order valence-electron chi connectivity index (χ4n) is 5.22. The van der Waals surface area contributed by atoms with Crippen LogP contribution in [0.1, 0.15) is 43.7 Å². The molecule has 0 saturated heterocycles. The normalized spacial score (nSPS) is 21.1. The summed E-state index contributed by atoms with van der Waals surface area (Å²) in [5, 5.41) is 21.6. The van der Waals surface area contributed by atoms with Gasteiger partial charge in [-0.25, -0.2) is 0 Å². The summed E-state index contributed by atoms with van der Waals surface area (Å²) >= 11 is 6.17. The van der Waals surface area contributed by atoms with Crippen molar-refractivity contribution in [3.63, 3.8) is 0 Å². The van der Waals surface area contributed by atoms with Crippen LogP contribution in [0.2, 0.25) is 5.02 Å². The fourth-order valence-corrected chi connectivity index (χ4v) is 5.35. The zero-order valence-electron chi connectivity index (χ0n) is 19.8. The van der Waals surface area contributed by atoms with Gasteiger partial charge in [0.05, 0.1) is 0 Å². The van der Waals surface area contributed by atoms with Crippen molar-refractivity contribution in [2.45, 2.75) is 32.6 Å². The van der Waals surface area contributed by atoms with Crippen molar-refractivity contribution in [1.29, 1.82) is 5.41 Å². The minimum atomic E-state index is -0.536. The molecular weight excluding hydrogens is 456 g/mol. The Morgan fingerprint density at radius 2 is 1.54 bits per heavy atom. The second-order valence-corrected chi connectivity index (χ2v) is 10.4. The third-order valence-corrected chi connectivity index (χ3v) is 6.99. The summed E-state index contributed by atoms with van der Waals surface area (Å²) < 4.78 is 0. The molecule has 3 aromatic carbocycles. The molecule has 5 heteroatoms. The molecule has 4 nitrogen and oxygen atoms in total. The number of carbonyl (C=O) groups excluding carboxylic acids is 1. The van der Waals surface area contributed by atoms with E-state index in [-0.39, 0.29) is 22.8 Å². The maximum Gasteiger partial charge on any atom is 0.162 e.